The summed E-state index contributed by atoms with van der Waals surface area (Å²) in [5.41, 5.74) is 1.32. The van der Waals surface area contributed by atoms with Crippen LogP contribution in [-0.4, -0.2) is 35.0 Å². The lowest BCUT2D eigenvalue weighted by molar-refractivity contribution is -0.128. The van der Waals surface area contributed by atoms with Crippen LogP contribution < -0.4 is 0 Å². The zero-order valence-corrected chi connectivity index (χ0v) is 15.1. The van der Waals surface area contributed by atoms with Gasteiger partial charge in [0.1, 0.15) is 0 Å². The topological polar surface area (TPSA) is 59.2 Å². The van der Waals surface area contributed by atoms with Crippen molar-refractivity contribution < 1.29 is 9.32 Å². The highest BCUT2D eigenvalue weighted by Crippen LogP contribution is 1.92. The maximum atomic E-state index is 10.4. The molecule has 0 N–H and O–H groups in total. The molecule has 0 fully saturated rings. The lowest BCUT2D eigenvalue weighted by atomic mass is 10.2. The summed E-state index contributed by atoms with van der Waals surface area (Å²) in [5.74, 6) is 0.787. The van der Waals surface area contributed by atoms with Crippen molar-refractivity contribution in [3.05, 3.63) is 60.8 Å². The van der Waals surface area contributed by atoms with Crippen LogP contribution in [0.25, 0.3) is 0 Å². The summed E-state index contributed by atoms with van der Waals surface area (Å²) < 4.78 is 4.47. The molecule has 23 heavy (non-hydrogen) atoms. The molecule has 0 aliphatic carbocycles. The van der Waals surface area contributed by atoms with E-state index in [0.29, 0.717) is 12.3 Å². The fourth-order valence-electron chi connectivity index (χ4n) is 1.08. The summed E-state index contributed by atoms with van der Waals surface area (Å²) in [6.45, 7) is 10.9. The van der Waals surface area contributed by atoms with E-state index in [4.69, 9.17) is 0 Å². The van der Waals surface area contributed by atoms with Gasteiger partial charge in [0.05, 0.1) is 0 Å². The summed E-state index contributed by atoms with van der Waals surface area (Å²) in [7, 11) is 3.51. The Morgan fingerprint density at radius 1 is 1.26 bits per heavy atom. The Morgan fingerprint density at radius 3 is 1.91 bits per heavy atom. The van der Waals surface area contributed by atoms with Gasteiger partial charge in [0.25, 0.3) is 0 Å². The first kappa shape index (κ1) is 22.8. The van der Waals surface area contributed by atoms with Gasteiger partial charge in [-0.25, -0.2) is 0 Å². The van der Waals surface area contributed by atoms with Gasteiger partial charge < -0.3 is 9.42 Å². The van der Waals surface area contributed by atoms with Crippen LogP contribution in [0.15, 0.2) is 53.8 Å². The van der Waals surface area contributed by atoms with E-state index >= 15 is 0 Å². The number of rotatable bonds is 1. The van der Waals surface area contributed by atoms with E-state index in [2.05, 4.69) is 40.3 Å². The second-order valence-corrected chi connectivity index (χ2v) is 4.66. The first-order valence-electron chi connectivity index (χ1n) is 7.41. The van der Waals surface area contributed by atoms with Gasteiger partial charge in [-0.2, -0.15) is 4.98 Å². The van der Waals surface area contributed by atoms with Crippen LogP contribution in [0.2, 0.25) is 0 Å². The van der Waals surface area contributed by atoms with Crippen molar-refractivity contribution in [3.8, 4) is 0 Å². The highest BCUT2D eigenvalue weighted by atomic mass is 16.5. The van der Waals surface area contributed by atoms with Crippen LogP contribution >= 0.6 is 0 Å². The Labute approximate surface area is 140 Å². The zero-order valence-electron chi connectivity index (χ0n) is 15.1. The molecule has 0 spiro atoms. The van der Waals surface area contributed by atoms with Crippen LogP contribution in [0.1, 0.15) is 31.7 Å². The second kappa shape index (κ2) is 15.9. The predicted molar refractivity (Wildman–Crippen MR) is 95.1 cm³/mol. The standard InChI is InChI=1S/C7H8.C5H11NO.C3H4N2O.C3H6/c1-7-5-3-2-4-6-7;1-4-5(7)6(2)3;1-3-4-2-5-6-3;1-3-2/h2-6H,1H3;4H2,1-3H3;2H,1H3;3H,1H2,2H3. The van der Waals surface area contributed by atoms with Crippen molar-refractivity contribution in [2.75, 3.05) is 14.1 Å². The molecule has 2 rings (SSSR count). The molecule has 1 heterocycles. The Kier molecular flexibility index (Phi) is 15.8. The molecular weight excluding hydrogens is 290 g/mol. The molecule has 0 radical (unpaired) electrons. The SMILES string of the molecule is C=CC.CCC(=O)N(C)C.Cc1ccccc1.Cc1ncno1. The molecule has 128 valence electrons. The molecule has 5 nitrogen and oxygen atoms in total. The van der Waals surface area contributed by atoms with Crippen molar-refractivity contribution in [3.63, 3.8) is 0 Å². The number of carbonyl (C=O) groups excluding carboxylic acids is 1. The van der Waals surface area contributed by atoms with E-state index in [1.807, 2.05) is 32.0 Å². The third kappa shape index (κ3) is 17.5. The Balaban J connectivity index is 0. The highest BCUT2D eigenvalue weighted by molar-refractivity contribution is 5.75. The summed E-state index contributed by atoms with van der Waals surface area (Å²) in [4.78, 5) is 15.7. The van der Waals surface area contributed by atoms with Crippen molar-refractivity contribution >= 4 is 5.91 Å². The van der Waals surface area contributed by atoms with Gasteiger partial charge in [-0.1, -0.05) is 54.1 Å². The first-order chi connectivity index (χ1) is 10.9. The number of benzene rings is 1. The van der Waals surface area contributed by atoms with E-state index in [1.54, 1.807) is 32.0 Å². The summed E-state index contributed by atoms with van der Waals surface area (Å²) in [6.07, 6.45) is 3.72. The summed E-state index contributed by atoms with van der Waals surface area (Å²) in [5, 5.41) is 3.34. The molecule has 0 atom stereocenters. The average Bonchev–Trinajstić information content (AvgIpc) is 3.00. The van der Waals surface area contributed by atoms with Gasteiger partial charge >= 0.3 is 0 Å². The first-order valence-corrected chi connectivity index (χ1v) is 7.41. The normalized spacial score (nSPS) is 8.09. The molecule has 1 aromatic heterocycles. The van der Waals surface area contributed by atoms with Crippen molar-refractivity contribution in [1.29, 1.82) is 0 Å². The van der Waals surface area contributed by atoms with Crippen LogP contribution in [0, 0.1) is 13.8 Å². The van der Waals surface area contributed by atoms with Gasteiger partial charge in [0.15, 0.2) is 6.33 Å². The largest absolute Gasteiger partial charge is 0.349 e. The minimum absolute atomic E-state index is 0.181. The zero-order chi connectivity index (χ0) is 18.1. The molecule has 2 aromatic rings. The minimum atomic E-state index is 0.181. The lowest BCUT2D eigenvalue weighted by Gasteiger charge is -2.05. The number of carbonyl (C=O) groups is 1. The van der Waals surface area contributed by atoms with Gasteiger partial charge in [0, 0.05) is 27.4 Å². The fourth-order valence-corrected chi connectivity index (χ4v) is 1.08. The van der Waals surface area contributed by atoms with E-state index in [9.17, 15) is 4.79 Å². The van der Waals surface area contributed by atoms with Crippen LogP contribution in [0.5, 0.6) is 0 Å². The molecule has 0 aliphatic heterocycles. The summed E-state index contributed by atoms with van der Waals surface area (Å²) >= 11 is 0. The van der Waals surface area contributed by atoms with Gasteiger partial charge in [0.2, 0.25) is 11.8 Å². The smallest absolute Gasteiger partial charge is 0.223 e. The van der Waals surface area contributed by atoms with Gasteiger partial charge in [-0.05, 0) is 13.8 Å². The molecule has 0 saturated heterocycles. The molecule has 0 bridgehead atoms. The van der Waals surface area contributed by atoms with Crippen molar-refractivity contribution in [2.45, 2.75) is 34.1 Å². The molecule has 1 aromatic carbocycles. The Morgan fingerprint density at radius 2 is 1.78 bits per heavy atom. The number of aromatic nitrogens is 2. The highest BCUT2D eigenvalue weighted by Gasteiger charge is 1.95. The number of allylic oxidation sites excluding steroid dienone is 1. The van der Waals surface area contributed by atoms with Gasteiger partial charge in [-0.15, -0.1) is 6.58 Å². The molecule has 1 amide bonds. The average molecular weight is 319 g/mol. The number of hydrogen-bond donors (Lipinski definition) is 0. The maximum absolute atomic E-state index is 10.4. The molecule has 0 unspecified atom stereocenters. The molecule has 5 heteroatoms. The van der Waals surface area contributed by atoms with E-state index in [-0.39, 0.29) is 5.91 Å². The third-order valence-electron chi connectivity index (χ3n) is 2.21. The summed E-state index contributed by atoms with van der Waals surface area (Å²) in [6, 6.07) is 10.3. The van der Waals surface area contributed by atoms with Crippen LogP contribution in [-0.2, 0) is 4.79 Å². The van der Waals surface area contributed by atoms with E-state index in [0.717, 1.165) is 0 Å². The maximum Gasteiger partial charge on any atom is 0.223 e. The molecule has 0 saturated carbocycles. The molecule has 0 aliphatic rings. The number of aryl methyl sites for hydroxylation is 2. The minimum Gasteiger partial charge on any atom is -0.349 e. The number of amides is 1. The third-order valence-corrected chi connectivity index (χ3v) is 2.21. The van der Waals surface area contributed by atoms with Crippen LogP contribution in [0.4, 0.5) is 0 Å². The molecular formula is C18H29N3O2. The Bertz CT molecular complexity index is 494. The predicted octanol–water partition coefficient (Wildman–Crippen LogP) is 4.05. The second-order valence-electron chi connectivity index (χ2n) is 4.66. The monoisotopic (exact) mass is 319 g/mol. The van der Waals surface area contributed by atoms with E-state index in [1.165, 1.54) is 11.9 Å². The lowest BCUT2D eigenvalue weighted by Crippen LogP contribution is -2.19. The van der Waals surface area contributed by atoms with E-state index < -0.39 is 0 Å². The van der Waals surface area contributed by atoms with Crippen molar-refractivity contribution in [2.24, 2.45) is 0 Å². The number of nitrogens with zero attached hydrogens (tertiary/aromatic N) is 3. The van der Waals surface area contributed by atoms with Crippen LogP contribution in [0.3, 0.4) is 0 Å². The number of hydrogen-bond acceptors (Lipinski definition) is 4. The van der Waals surface area contributed by atoms with Gasteiger partial charge in [-0.3, -0.25) is 4.79 Å². The Hall–Kier alpha value is -2.43. The van der Waals surface area contributed by atoms with Crippen molar-refractivity contribution in [1.82, 2.24) is 15.0 Å². The quantitative estimate of drug-likeness (QED) is 0.744. The fraction of sp³-hybridized carbons (Fsp3) is 0.389.